The van der Waals surface area contributed by atoms with Crippen molar-refractivity contribution in [3.8, 4) is 17.3 Å². The molecule has 24 heavy (non-hydrogen) atoms. The Kier molecular flexibility index (Phi) is 3.55. The third-order valence-electron chi connectivity index (χ3n) is 3.56. The van der Waals surface area contributed by atoms with E-state index in [2.05, 4.69) is 20.3 Å². The average Bonchev–Trinajstić information content (AvgIpc) is 3.10. The van der Waals surface area contributed by atoms with Gasteiger partial charge in [0.2, 0.25) is 0 Å². The number of aromatic nitrogens is 3. The number of para-hydroxylation sites is 1. The highest BCUT2D eigenvalue weighted by atomic mass is 16.5. The molecule has 0 aliphatic carbocycles. The molecule has 4 aromatic rings. The summed E-state index contributed by atoms with van der Waals surface area (Å²) in [5, 5.41) is 4.08. The van der Waals surface area contributed by atoms with Crippen molar-refractivity contribution in [3.63, 3.8) is 0 Å². The zero-order valence-corrected chi connectivity index (χ0v) is 12.9. The highest BCUT2D eigenvalue weighted by molar-refractivity contribution is 5.79. The molecule has 0 aliphatic heterocycles. The van der Waals surface area contributed by atoms with Gasteiger partial charge in [0.25, 0.3) is 6.01 Å². The molecule has 0 atom stereocenters. The van der Waals surface area contributed by atoms with E-state index in [0.29, 0.717) is 17.5 Å². The lowest BCUT2D eigenvalue weighted by Gasteiger charge is -2.03. The lowest BCUT2D eigenvalue weighted by molar-refractivity contribution is 0.415. The SMILES string of the molecule is COc1ccc(Nc2nc(-c3ncc4ccccc4n3)co2)cc1. The van der Waals surface area contributed by atoms with Crippen LogP contribution in [0.4, 0.5) is 11.7 Å². The maximum atomic E-state index is 5.46. The fourth-order valence-electron chi connectivity index (χ4n) is 2.33. The predicted molar refractivity (Wildman–Crippen MR) is 91.3 cm³/mol. The van der Waals surface area contributed by atoms with Crippen molar-refractivity contribution < 1.29 is 9.15 Å². The molecule has 0 aliphatic rings. The summed E-state index contributed by atoms with van der Waals surface area (Å²) in [4.78, 5) is 13.2. The van der Waals surface area contributed by atoms with Crippen molar-refractivity contribution >= 4 is 22.6 Å². The van der Waals surface area contributed by atoms with E-state index >= 15 is 0 Å². The van der Waals surface area contributed by atoms with E-state index in [1.807, 2.05) is 48.5 Å². The third-order valence-corrected chi connectivity index (χ3v) is 3.56. The van der Waals surface area contributed by atoms with Gasteiger partial charge in [-0.3, -0.25) is 0 Å². The number of fused-ring (bicyclic) bond motifs is 1. The van der Waals surface area contributed by atoms with Crippen LogP contribution in [0.2, 0.25) is 0 Å². The number of oxazole rings is 1. The van der Waals surface area contributed by atoms with Crippen molar-refractivity contribution in [2.75, 3.05) is 12.4 Å². The molecule has 2 aromatic heterocycles. The van der Waals surface area contributed by atoms with Crippen molar-refractivity contribution in [3.05, 3.63) is 61.0 Å². The first-order chi connectivity index (χ1) is 11.8. The predicted octanol–water partition coefficient (Wildman–Crippen LogP) is 4.04. The second-order valence-corrected chi connectivity index (χ2v) is 5.14. The zero-order chi connectivity index (χ0) is 16.4. The van der Waals surface area contributed by atoms with Gasteiger partial charge in [-0.25, -0.2) is 9.97 Å². The Labute approximate surface area is 138 Å². The molecule has 0 spiro atoms. The molecular formula is C18H14N4O2. The van der Waals surface area contributed by atoms with Gasteiger partial charge in [-0.2, -0.15) is 4.98 Å². The molecule has 0 fully saturated rings. The maximum Gasteiger partial charge on any atom is 0.299 e. The summed E-state index contributed by atoms with van der Waals surface area (Å²) < 4.78 is 10.6. The number of nitrogens with one attached hydrogen (secondary N) is 1. The van der Waals surface area contributed by atoms with Crippen molar-refractivity contribution in [1.29, 1.82) is 0 Å². The summed E-state index contributed by atoms with van der Waals surface area (Å²) >= 11 is 0. The van der Waals surface area contributed by atoms with Crippen LogP contribution >= 0.6 is 0 Å². The first-order valence-corrected chi connectivity index (χ1v) is 7.40. The minimum atomic E-state index is 0.381. The molecule has 118 valence electrons. The fraction of sp³-hybridized carbons (Fsp3) is 0.0556. The van der Waals surface area contributed by atoms with Crippen LogP contribution in [-0.4, -0.2) is 22.1 Å². The van der Waals surface area contributed by atoms with Gasteiger partial charge in [0.15, 0.2) is 5.82 Å². The quantitative estimate of drug-likeness (QED) is 0.612. The first-order valence-electron chi connectivity index (χ1n) is 7.40. The van der Waals surface area contributed by atoms with E-state index in [0.717, 1.165) is 22.3 Å². The fourth-order valence-corrected chi connectivity index (χ4v) is 2.33. The largest absolute Gasteiger partial charge is 0.497 e. The van der Waals surface area contributed by atoms with Crippen molar-refractivity contribution in [2.24, 2.45) is 0 Å². The number of hydrogen-bond acceptors (Lipinski definition) is 6. The first kappa shape index (κ1) is 14.2. The summed E-state index contributed by atoms with van der Waals surface area (Å²) in [7, 11) is 1.63. The molecule has 0 radical (unpaired) electrons. The maximum absolute atomic E-state index is 5.46. The minimum Gasteiger partial charge on any atom is -0.497 e. The van der Waals surface area contributed by atoms with Gasteiger partial charge in [0.1, 0.15) is 17.7 Å². The summed E-state index contributed by atoms with van der Waals surface area (Å²) in [5.74, 6) is 1.32. The van der Waals surface area contributed by atoms with E-state index in [9.17, 15) is 0 Å². The Bertz CT molecular complexity index is 980. The number of rotatable bonds is 4. The monoisotopic (exact) mass is 318 g/mol. The molecule has 2 heterocycles. The standard InChI is InChI=1S/C18H14N4O2/c1-23-14-8-6-13(7-9-14)20-18-22-16(11-24-18)17-19-10-12-4-2-3-5-15(12)21-17/h2-11H,1H3,(H,20,22). The second-order valence-electron chi connectivity index (χ2n) is 5.14. The lowest BCUT2D eigenvalue weighted by atomic mass is 10.2. The number of hydrogen-bond donors (Lipinski definition) is 1. The zero-order valence-electron chi connectivity index (χ0n) is 12.9. The van der Waals surface area contributed by atoms with Crippen LogP contribution in [0.1, 0.15) is 0 Å². The van der Waals surface area contributed by atoms with Crippen LogP contribution in [0, 0.1) is 0 Å². The molecular weight excluding hydrogens is 304 g/mol. The molecule has 6 nitrogen and oxygen atoms in total. The summed E-state index contributed by atoms with van der Waals surface area (Å²) in [6.45, 7) is 0. The Hall–Kier alpha value is -3.41. The molecule has 1 N–H and O–H groups in total. The Morgan fingerprint density at radius 1 is 1.00 bits per heavy atom. The van der Waals surface area contributed by atoms with Gasteiger partial charge in [0, 0.05) is 17.3 Å². The van der Waals surface area contributed by atoms with E-state index in [-0.39, 0.29) is 0 Å². The van der Waals surface area contributed by atoms with Gasteiger partial charge in [-0.05, 0) is 30.3 Å². The lowest BCUT2D eigenvalue weighted by Crippen LogP contribution is -1.92. The van der Waals surface area contributed by atoms with E-state index in [4.69, 9.17) is 9.15 Å². The minimum absolute atomic E-state index is 0.381. The van der Waals surface area contributed by atoms with E-state index in [1.165, 1.54) is 6.26 Å². The Morgan fingerprint density at radius 2 is 1.83 bits per heavy atom. The number of anilines is 2. The van der Waals surface area contributed by atoms with Gasteiger partial charge in [0.05, 0.1) is 12.6 Å². The highest BCUT2D eigenvalue weighted by Gasteiger charge is 2.10. The van der Waals surface area contributed by atoms with Crippen LogP contribution in [0.5, 0.6) is 5.75 Å². The van der Waals surface area contributed by atoms with Crippen LogP contribution in [-0.2, 0) is 0 Å². The summed E-state index contributed by atoms with van der Waals surface area (Å²) in [5.41, 5.74) is 2.30. The topological polar surface area (TPSA) is 73.1 Å². The smallest absolute Gasteiger partial charge is 0.299 e. The van der Waals surface area contributed by atoms with Crippen LogP contribution < -0.4 is 10.1 Å². The van der Waals surface area contributed by atoms with Crippen molar-refractivity contribution in [1.82, 2.24) is 15.0 Å². The molecule has 0 bridgehead atoms. The normalized spacial score (nSPS) is 10.7. The Balaban J connectivity index is 1.58. The van der Waals surface area contributed by atoms with Gasteiger partial charge in [-0.15, -0.1) is 0 Å². The van der Waals surface area contributed by atoms with Gasteiger partial charge < -0.3 is 14.5 Å². The van der Waals surface area contributed by atoms with Crippen LogP contribution in [0.15, 0.2) is 65.4 Å². The van der Waals surface area contributed by atoms with Gasteiger partial charge in [-0.1, -0.05) is 18.2 Å². The number of nitrogens with zero attached hydrogens (tertiary/aromatic N) is 3. The van der Waals surface area contributed by atoms with Gasteiger partial charge >= 0.3 is 0 Å². The van der Waals surface area contributed by atoms with E-state index in [1.54, 1.807) is 13.3 Å². The van der Waals surface area contributed by atoms with Crippen molar-refractivity contribution in [2.45, 2.75) is 0 Å². The average molecular weight is 318 g/mol. The molecule has 0 saturated carbocycles. The highest BCUT2D eigenvalue weighted by Crippen LogP contribution is 2.23. The van der Waals surface area contributed by atoms with Crippen LogP contribution in [0.25, 0.3) is 22.4 Å². The molecule has 0 unspecified atom stereocenters. The second kappa shape index (κ2) is 6.00. The molecule has 2 aromatic carbocycles. The third kappa shape index (κ3) is 2.77. The summed E-state index contributed by atoms with van der Waals surface area (Å²) in [6.07, 6.45) is 3.32. The number of ether oxygens (including phenoxy) is 1. The summed E-state index contributed by atoms with van der Waals surface area (Å²) in [6, 6.07) is 15.7. The van der Waals surface area contributed by atoms with Crippen LogP contribution in [0.3, 0.4) is 0 Å². The number of methoxy groups -OCH3 is 1. The molecule has 4 rings (SSSR count). The molecule has 0 saturated heterocycles. The molecule has 6 heteroatoms. The van der Waals surface area contributed by atoms with E-state index < -0.39 is 0 Å². The number of benzene rings is 2. The molecule has 0 amide bonds. The Morgan fingerprint density at radius 3 is 2.67 bits per heavy atom.